The van der Waals surface area contributed by atoms with Crippen molar-refractivity contribution in [2.45, 2.75) is 0 Å². The second-order valence-corrected chi connectivity index (χ2v) is 4.04. The fourth-order valence-corrected chi connectivity index (χ4v) is 1.42. The van der Waals surface area contributed by atoms with Gasteiger partial charge in [-0.05, 0) is 24.3 Å². The molecule has 0 bridgehead atoms. The highest BCUT2D eigenvalue weighted by molar-refractivity contribution is 6.80. The predicted octanol–water partition coefficient (Wildman–Crippen LogP) is 3.75. The van der Waals surface area contributed by atoms with Gasteiger partial charge in [0.2, 0.25) is 0 Å². The van der Waals surface area contributed by atoms with Gasteiger partial charge in [0.05, 0.1) is 17.6 Å². The molecule has 0 atom stereocenters. The number of benzene rings is 2. The zero-order chi connectivity index (χ0) is 13.3. The zero-order valence-corrected chi connectivity index (χ0v) is 10.9. The van der Waals surface area contributed by atoms with Gasteiger partial charge in [0.15, 0.2) is 5.17 Å². The van der Waals surface area contributed by atoms with Gasteiger partial charge < -0.3 is 0 Å². The first-order valence-corrected chi connectivity index (χ1v) is 6.11. The first kappa shape index (κ1) is 13.1. The molecule has 0 aliphatic heterocycles. The topological polar surface area (TPSA) is 48.8 Å². The average Bonchev–Trinajstić information content (AvgIpc) is 2.47. The van der Waals surface area contributed by atoms with Gasteiger partial charge in [-0.2, -0.15) is 10.2 Å². The SMILES string of the molecule is ClC(/C=N/Nc1ccccc1)=N/Nc1ccccc1. The van der Waals surface area contributed by atoms with Crippen LogP contribution in [0.2, 0.25) is 0 Å². The molecule has 19 heavy (non-hydrogen) atoms. The van der Waals surface area contributed by atoms with Crippen LogP contribution < -0.4 is 10.9 Å². The third kappa shape index (κ3) is 4.81. The molecule has 0 saturated heterocycles. The maximum Gasteiger partial charge on any atom is 0.169 e. The van der Waals surface area contributed by atoms with E-state index in [9.17, 15) is 0 Å². The largest absolute Gasteiger partial charge is 0.278 e. The van der Waals surface area contributed by atoms with Gasteiger partial charge in [0, 0.05) is 0 Å². The van der Waals surface area contributed by atoms with Crippen LogP contribution in [0.25, 0.3) is 0 Å². The van der Waals surface area contributed by atoms with E-state index in [1.165, 1.54) is 6.21 Å². The minimum atomic E-state index is 0.257. The molecule has 0 aliphatic carbocycles. The number of nitrogens with one attached hydrogen (secondary N) is 2. The van der Waals surface area contributed by atoms with E-state index < -0.39 is 0 Å². The van der Waals surface area contributed by atoms with E-state index in [1.54, 1.807) is 0 Å². The van der Waals surface area contributed by atoms with E-state index in [4.69, 9.17) is 11.6 Å². The second kappa shape index (κ2) is 7.18. The Bertz CT molecular complexity index is 552. The highest BCUT2D eigenvalue weighted by atomic mass is 35.5. The van der Waals surface area contributed by atoms with Gasteiger partial charge in [-0.25, -0.2) is 0 Å². The third-order valence-corrected chi connectivity index (χ3v) is 2.39. The number of nitrogens with zero attached hydrogens (tertiary/aromatic N) is 2. The lowest BCUT2D eigenvalue weighted by molar-refractivity contribution is 1.34. The molecule has 0 spiro atoms. The molecule has 0 aromatic heterocycles. The monoisotopic (exact) mass is 272 g/mol. The minimum Gasteiger partial charge on any atom is -0.278 e. The number of hydrogen-bond donors (Lipinski definition) is 2. The Balaban J connectivity index is 1.85. The molecule has 5 heteroatoms. The van der Waals surface area contributed by atoms with E-state index in [1.807, 2.05) is 60.7 Å². The highest BCUT2D eigenvalue weighted by Crippen LogP contribution is 2.05. The number of rotatable bonds is 5. The van der Waals surface area contributed by atoms with E-state index in [0.29, 0.717) is 0 Å². The molecule has 0 unspecified atom stereocenters. The Morgan fingerprint density at radius 1 is 0.842 bits per heavy atom. The molecular formula is C14H13ClN4. The smallest absolute Gasteiger partial charge is 0.169 e. The third-order valence-electron chi connectivity index (χ3n) is 2.20. The molecule has 0 saturated carbocycles. The Hall–Kier alpha value is -2.33. The van der Waals surface area contributed by atoms with Crippen LogP contribution in [0.4, 0.5) is 11.4 Å². The molecular weight excluding hydrogens is 260 g/mol. The summed E-state index contributed by atoms with van der Waals surface area (Å²) >= 11 is 5.90. The number of para-hydroxylation sites is 2. The Morgan fingerprint density at radius 3 is 1.95 bits per heavy atom. The molecule has 2 rings (SSSR count). The lowest BCUT2D eigenvalue weighted by atomic mass is 10.3. The first-order chi connectivity index (χ1) is 9.34. The number of hydrogen-bond acceptors (Lipinski definition) is 4. The molecule has 2 aromatic carbocycles. The molecule has 0 aliphatic rings. The fourth-order valence-electron chi connectivity index (χ4n) is 1.33. The maximum absolute atomic E-state index is 5.90. The highest BCUT2D eigenvalue weighted by Gasteiger charge is 1.90. The van der Waals surface area contributed by atoms with Crippen molar-refractivity contribution in [2.24, 2.45) is 10.2 Å². The summed E-state index contributed by atoms with van der Waals surface area (Å²) in [5.41, 5.74) is 7.43. The summed E-state index contributed by atoms with van der Waals surface area (Å²) in [7, 11) is 0. The van der Waals surface area contributed by atoms with Crippen LogP contribution in [0.3, 0.4) is 0 Å². The summed E-state index contributed by atoms with van der Waals surface area (Å²) < 4.78 is 0. The summed E-state index contributed by atoms with van der Waals surface area (Å²) in [6.45, 7) is 0. The van der Waals surface area contributed by atoms with Crippen LogP contribution >= 0.6 is 11.6 Å². The average molecular weight is 273 g/mol. The molecule has 2 aromatic rings. The molecule has 0 radical (unpaired) electrons. The molecule has 0 fully saturated rings. The van der Waals surface area contributed by atoms with Crippen molar-refractivity contribution >= 4 is 34.4 Å². The second-order valence-electron chi connectivity index (χ2n) is 3.65. The number of hydrazone groups is 2. The van der Waals surface area contributed by atoms with Crippen molar-refractivity contribution in [1.29, 1.82) is 0 Å². The predicted molar refractivity (Wildman–Crippen MR) is 81.9 cm³/mol. The van der Waals surface area contributed by atoms with Crippen molar-refractivity contribution in [3.8, 4) is 0 Å². The fraction of sp³-hybridized carbons (Fsp3) is 0. The van der Waals surface area contributed by atoms with Gasteiger partial charge >= 0.3 is 0 Å². The Kier molecular flexibility index (Phi) is 4.96. The van der Waals surface area contributed by atoms with E-state index in [0.717, 1.165) is 11.4 Å². The van der Waals surface area contributed by atoms with Crippen LogP contribution in [-0.2, 0) is 0 Å². The Morgan fingerprint density at radius 2 is 1.37 bits per heavy atom. The van der Waals surface area contributed by atoms with Crippen LogP contribution in [0.15, 0.2) is 70.9 Å². The summed E-state index contributed by atoms with van der Waals surface area (Å²) in [5.74, 6) is 0. The van der Waals surface area contributed by atoms with Crippen molar-refractivity contribution < 1.29 is 0 Å². The summed E-state index contributed by atoms with van der Waals surface area (Å²) in [4.78, 5) is 0. The number of anilines is 2. The van der Waals surface area contributed by atoms with Gasteiger partial charge in [0.1, 0.15) is 0 Å². The zero-order valence-electron chi connectivity index (χ0n) is 10.1. The van der Waals surface area contributed by atoms with Crippen molar-refractivity contribution in [3.63, 3.8) is 0 Å². The van der Waals surface area contributed by atoms with Gasteiger partial charge in [0.25, 0.3) is 0 Å². The van der Waals surface area contributed by atoms with Crippen LogP contribution in [0.1, 0.15) is 0 Å². The molecule has 4 nitrogen and oxygen atoms in total. The first-order valence-electron chi connectivity index (χ1n) is 5.73. The van der Waals surface area contributed by atoms with Crippen molar-refractivity contribution in [3.05, 3.63) is 60.7 Å². The lowest BCUT2D eigenvalue weighted by Gasteiger charge is -1.99. The quantitative estimate of drug-likeness (QED) is 0.643. The van der Waals surface area contributed by atoms with Gasteiger partial charge in [-0.1, -0.05) is 48.0 Å². The van der Waals surface area contributed by atoms with Crippen LogP contribution in [0.5, 0.6) is 0 Å². The molecule has 96 valence electrons. The van der Waals surface area contributed by atoms with Gasteiger partial charge in [-0.15, -0.1) is 0 Å². The van der Waals surface area contributed by atoms with Crippen LogP contribution in [0, 0.1) is 0 Å². The summed E-state index contributed by atoms with van der Waals surface area (Å²) in [5, 5.41) is 8.20. The summed E-state index contributed by atoms with van der Waals surface area (Å²) in [6.07, 6.45) is 1.44. The van der Waals surface area contributed by atoms with Crippen molar-refractivity contribution in [1.82, 2.24) is 0 Å². The lowest BCUT2D eigenvalue weighted by Crippen LogP contribution is -1.98. The normalized spacial score (nSPS) is 11.5. The Labute approximate surface area is 116 Å². The molecule has 0 heterocycles. The minimum absolute atomic E-state index is 0.257. The van der Waals surface area contributed by atoms with E-state index in [-0.39, 0.29) is 5.17 Å². The van der Waals surface area contributed by atoms with Gasteiger partial charge in [-0.3, -0.25) is 10.9 Å². The molecule has 2 N–H and O–H groups in total. The standard InChI is InChI=1S/C14H13ClN4/c15-14(19-18-13-9-5-2-6-10-13)11-16-17-12-7-3-1-4-8-12/h1-11,17-18H/b16-11+,19-14+. The maximum atomic E-state index is 5.90. The molecule has 0 amide bonds. The van der Waals surface area contributed by atoms with Crippen molar-refractivity contribution in [2.75, 3.05) is 10.9 Å². The van der Waals surface area contributed by atoms with Crippen LogP contribution in [-0.4, -0.2) is 11.4 Å². The number of halogens is 1. The van der Waals surface area contributed by atoms with E-state index in [2.05, 4.69) is 21.1 Å². The van der Waals surface area contributed by atoms with E-state index >= 15 is 0 Å². The summed E-state index contributed by atoms with van der Waals surface area (Å²) in [6, 6.07) is 19.1.